The summed E-state index contributed by atoms with van der Waals surface area (Å²) in [6, 6.07) is 10.7. The SMILES string of the molecule is C[C@@H](CNCCCN(C)C)c1ccccc1. The van der Waals surface area contributed by atoms with Crippen LogP contribution in [0.15, 0.2) is 30.3 Å². The zero-order valence-electron chi connectivity index (χ0n) is 10.7. The van der Waals surface area contributed by atoms with E-state index in [1.54, 1.807) is 0 Å². The Balaban J connectivity index is 2.14. The first kappa shape index (κ1) is 13.2. The number of nitrogens with zero attached hydrogens (tertiary/aromatic N) is 1. The lowest BCUT2D eigenvalue weighted by Crippen LogP contribution is -2.24. The van der Waals surface area contributed by atoms with Crippen molar-refractivity contribution in [3.63, 3.8) is 0 Å². The highest BCUT2D eigenvalue weighted by Gasteiger charge is 2.03. The molecule has 0 aromatic heterocycles. The molecule has 1 aromatic rings. The fourth-order valence-electron chi connectivity index (χ4n) is 1.74. The third kappa shape index (κ3) is 5.29. The molecule has 0 fully saturated rings. The van der Waals surface area contributed by atoms with E-state index in [9.17, 15) is 0 Å². The second-order valence-corrected chi connectivity index (χ2v) is 4.67. The molecule has 90 valence electrons. The number of hydrogen-bond acceptors (Lipinski definition) is 2. The fraction of sp³-hybridized carbons (Fsp3) is 0.571. The van der Waals surface area contributed by atoms with Gasteiger partial charge in [-0.1, -0.05) is 37.3 Å². The Kier molecular flexibility index (Phi) is 6.12. The van der Waals surface area contributed by atoms with E-state index in [-0.39, 0.29) is 0 Å². The molecule has 0 aliphatic heterocycles. The number of rotatable bonds is 7. The Hall–Kier alpha value is -0.860. The zero-order valence-corrected chi connectivity index (χ0v) is 10.7. The van der Waals surface area contributed by atoms with E-state index in [1.807, 2.05) is 0 Å². The summed E-state index contributed by atoms with van der Waals surface area (Å²) in [6.45, 7) is 5.60. The van der Waals surface area contributed by atoms with Crippen molar-refractivity contribution < 1.29 is 0 Å². The minimum atomic E-state index is 0.598. The predicted octanol–water partition coefficient (Wildman–Crippen LogP) is 2.33. The van der Waals surface area contributed by atoms with E-state index in [4.69, 9.17) is 0 Å². The van der Waals surface area contributed by atoms with Crippen molar-refractivity contribution in [2.45, 2.75) is 19.3 Å². The lowest BCUT2D eigenvalue weighted by molar-refractivity contribution is 0.393. The molecule has 0 unspecified atom stereocenters. The smallest absolute Gasteiger partial charge is 0.00174 e. The van der Waals surface area contributed by atoms with Crippen molar-refractivity contribution in [3.8, 4) is 0 Å². The molecule has 2 nitrogen and oxygen atoms in total. The van der Waals surface area contributed by atoms with Gasteiger partial charge < -0.3 is 10.2 Å². The van der Waals surface area contributed by atoms with E-state index in [0.29, 0.717) is 5.92 Å². The average Bonchev–Trinajstić information content (AvgIpc) is 2.29. The van der Waals surface area contributed by atoms with Gasteiger partial charge in [-0.2, -0.15) is 0 Å². The third-order valence-corrected chi connectivity index (χ3v) is 2.78. The summed E-state index contributed by atoms with van der Waals surface area (Å²) < 4.78 is 0. The maximum atomic E-state index is 3.51. The minimum Gasteiger partial charge on any atom is -0.316 e. The Morgan fingerprint density at radius 2 is 1.88 bits per heavy atom. The lowest BCUT2D eigenvalue weighted by atomic mass is 10.0. The van der Waals surface area contributed by atoms with Crippen molar-refractivity contribution in [1.29, 1.82) is 0 Å². The zero-order chi connectivity index (χ0) is 11.8. The molecule has 2 heteroatoms. The maximum Gasteiger partial charge on any atom is 0.00174 e. The van der Waals surface area contributed by atoms with Crippen molar-refractivity contribution in [2.24, 2.45) is 0 Å². The molecule has 1 N–H and O–H groups in total. The summed E-state index contributed by atoms with van der Waals surface area (Å²) in [5.74, 6) is 0.598. The second kappa shape index (κ2) is 7.42. The molecule has 0 spiro atoms. The molecule has 0 amide bonds. The van der Waals surface area contributed by atoms with Crippen LogP contribution < -0.4 is 5.32 Å². The van der Waals surface area contributed by atoms with Crippen molar-refractivity contribution in [3.05, 3.63) is 35.9 Å². The summed E-state index contributed by atoms with van der Waals surface area (Å²) in [7, 11) is 4.24. The van der Waals surface area contributed by atoms with Gasteiger partial charge in [0.25, 0.3) is 0 Å². The molecule has 1 rings (SSSR count). The molecule has 0 radical (unpaired) electrons. The third-order valence-electron chi connectivity index (χ3n) is 2.78. The summed E-state index contributed by atoms with van der Waals surface area (Å²) in [5, 5.41) is 3.51. The van der Waals surface area contributed by atoms with Crippen LogP contribution in [0.5, 0.6) is 0 Å². The average molecular weight is 220 g/mol. The summed E-state index contributed by atoms with van der Waals surface area (Å²) >= 11 is 0. The molecule has 1 atom stereocenters. The Morgan fingerprint density at radius 3 is 2.50 bits per heavy atom. The monoisotopic (exact) mass is 220 g/mol. The van der Waals surface area contributed by atoms with E-state index in [0.717, 1.165) is 19.6 Å². The van der Waals surface area contributed by atoms with E-state index >= 15 is 0 Å². The molecular weight excluding hydrogens is 196 g/mol. The number of benzene rings is 1. The highest BCUT2D eigenvalue weighted by atomic mass is 15.0. The highest BCUT2D eigenvalue weighted by molar-refractivity contribution is 5.18. The first-order valence-electron chi connectivity index (χ1n) is 6.10. The van der Waals surface area contributed by atoms with Gasteiger partial charge in [0.2, 0.25) is 0 Å². The van der Waals surface area contributed by atoms with Crippen molar-refractivity contribution in [1.82, 2.24) is 10.2 Å². The number of hydrogen-bond donors (Lipinski definition) is 1. The van der Waals surface area contributed by atoms with E-state index in [1.165, 1.54) is 12.0 Å². The van der Waals surface area contributed by atoms with Crippen molar-refractivity contribution in [2.75, 3.05) is 33.7 Å². The van der Waals surface area contributed by atoms with E-state index in [2.05, 4.69) is 61.6 Å². The molecule has 0 aliphatic rings. The first-order valence-corrected chi connectivity index (χ1v) is 6.10. The van der Waals surface area contributed by atoms with Gasteiger partial charge in [-0.15, -0.1) is 0 Å². The van der Waals surface area contributed by atoms with Crippen LogP contribution in [0.1, 0.15) is 24.8 Å². The predicted molar refractivity (Wildman–Crippen MR) is 70.9 cm³/mol. The van der Waals surface area contributed by atoms with Crippen LogP contribution >= 0.6 is 0 Å². The first-order chi connectivity index (χ1) is 7.70. The summed E-state index contributed by atoms with van der Waals surface area (Å²) in [5.41, 5.74) is 1.42. The lowest BCUT2D eigenvalue weighted by Gasteiger charge is -2.14. The normalized spacial score (nSPS) is 13.0. The standard InChI is InChI=1S/C14H24N2/c1-13(14-8-5-4-6-9-14)12-15-10-7-11-16(2)3/h4-6,8-9,13,15H,7,10-12H2,1-3H3/t13-/m0/s1. The Labute approximate surface area is 99.7 Å². The van der Waals surface area contributed by atoms with Gasteiger partial charge in [-0.25, -0.2) is 0 Å². The van der Waals surface area contributed by atoms with Crippen LogP contribution in [-0.4, -0.2) is 38.6 Å². The van der Waals surface area contributed by atoms with Gasteiger partial charge in [0, 0.05) is 6.54 Å². The largest absolute Gasteiger partial charge is 0.316 e. The Bertz CT molecular complexity index is 269. The second-order valence-electron chi connectivity index (χ2n) is 4.67. The molecular formula is C14H24N2. The summed E-state index contributed by atoms with van der Waals surface area (Å²) in [6.07, 6.45) is 1.22. The molecule has 1 aromatic carbocycles. The van der Waals surface area contributed by atoms with Gasteiger partial charge in [0.1, 0.15) is 0 Å². The molecule has 0 heterocycles. The van der Waals surface area contributed by atoms with Gasteiger partial charge >= 0.3 is 0 Å². The van der Waals surface area contributed by atoms with Gasteiger partial charge in [0.05, 0.1) is 0 Å². The molecule has 0 aliphatic carbocycles. The number of nitrogens with one attached hydrogen (secondary N) is 1. The van der Waals surface area contributed by atoms with Crippen LogP contribution in [0.3, 0.4) is 0 Å². The Morgan fingerprint density at radius 1 is 1.19 bits per heavy atom. The molecule has 0 saturated heterocycles. The fourth-order valence-corrected chi connectivity index (χ4v) is 1.74. The van der Waals surface area contributed by atoms with Gasteiger partial charge in [0.15, 0.2) is 0 Å². The quantitative estimate of drug-likeness (QED) is 0.710. The molecule has 0 saturated carbocycles. The van der Waals surface area contributed by atoms with Crippen molar-refractivity contribution >= 4 is 0 Å². The van der Waals surface area contributed by atoms with Crippen LogP contribution in [0.2, 0.25) is 0 Å². The van der Waals surface area contributed by atoms with Crippen LogP contribution in [0.4, 0.5) is 0 Å². The van der Waals surface area contributed by atoms with Crippen LogP contribution in [0.25, 0.3) is 0 Å². The van der Waals surface area contributed by atoms with E-state index < -0.39 is 0 Å². The minimum absolute atomic E-state index is 0.598. The summed E-state index contributed by atoms with van der Waals surface area (Å²) in [4.78, 5) is 2.22. The maximum absolute atomic E-state index is 3.51. The molecule has 0 bridgehead atoms. The van der Waals surface area contributed by atoms with Crippen LogP contribution in [-0.2, 0) is 0 Å². The topological polar surface area (TPSA) is 15.3 Å². The van der Waals surface area contributed by atoms with Crippen LogP contribution in [0, 0.1) is 0 Å². The molecule has 16 heavy (non-hydrogen) atoms. The van der Waals surface area contributed by atoms with Gasteiger partial charge in [-0.05, 0) is 45.1 Å². The van der Waals surface area contributed by atoms with Gasteiger partial charge in [-0.3, -0.25) is 0 Å². The highest BCUT2D eigenvalue weighted by Crippen LogP contribution is 2.12.